The molecule has 0 atom stereocenters. The summed E-state index contributed by atoms with van der Waals surface area (Å²) in [5.41, 5.74) is 6.31. The molecule has 1 amide bonds. The number of hydrogen-bond donors (Lipinski definition) is 1. The van der Waals surface area contributed by atoms with Gasteiger partial charge in [-0.25, -0.2) is 0 Å². The van der Waals surface area contributed by atoms with Crippen LogP contribution >= 0.6 is 24.4 Å². The highest BCUT2D eigenvalue weighted by molar-refractivity contribution is 7.78. The lowest BCUT2D eigenvalue weighted by Crippen LogP contribution is -2.10. The summed E-state index contributed by atoms with van der Waals surface area (Å²) < 4.78 is 0. The zero-order valence-electron chi connectivity index (χ0n) is 7.43. The van der Waals surface area contributed by atoms with Crippen molar-refractivity contribution in [1.82, 2.24) is 0 Å². The molecule has 0 fully saturated rings. The first-order valence-corrected chi connectivity index (χ1v) is 4.59. The number of carbonyl (C=O) groups excluding carboxylic acids is 1. The van der Waals surface area contributed by atoms with E-state index < -0.39 is 5.91 Å². The van der Waals surface area contributed by atoms with Gasteiger partial charge in [0.25, 0.3) is 0 Å². The van der Waals surface area contributed by atoms with Crippen LogP contribution in [0.25, 0.3) is 0 Å². The van der Waals surface area contributed by atoms with Gasteiger partial charge in [0.15, 0.2) is 0 Å². The number of benzene rings is 1. The SMILES string of the molecule is NC(=O)c1cc(N=C=S)cc(N=C=S)c1. The van der Waals surface area contributed by atoms with Crippen LogP contribution in [0.2, 0.25) is 0 Å². The molecule has 0 radical (unpaired) electrons. The molecule has 1 rings (SSSR count). The third-order valence-corrected chi connectivity index (χ3v) is 1.72. The molecule has 15 heavy (non-hydrogen) atoms. The first-order chi connectivity index (χ1) is 7.17. The molecule has 0 saturated carbocycles. The number of rotatable bonds is 3. The van der Waals surface area contributed by atoms with E-state index in [0.717, 1.165) is 0 Å². The molecular formula is C9H5N3OS2. The zero-order chi connectivity index (χ0) is 11.3. The van der Waals surface area contributed by atoms with Crippen molar-refractivity contribution >= 4 is 52.0 Å². The molecule has 0 aliphatic heterocycles. The maximum atomic E-state index is 11.0. The van der Waals surface area contributed by atoms with Gasteiger partial charge in [-0.05, 0) is 42.6 Å². The number of amides is 1. The molecular weight excluding hydrogens is 230 g/mol. The van der Waals surface area contributed by atoms with Gasteiger partial charge < -0.3 is 5.73 Å². The molecule has 0 saturated heterocycles. The summed E-state index contributed by atoms with van der Waals surface area (Å²) in [6.07, 6.45) is 0. The van der Waals surface area contributed by atoms with Crippen LogP contribution in [0.1, 0.15) is 10.4 Å². The predicted octanol–water partition coefficient (Wildman–Crippen LogP) is 2.25. The smallest absolute Gasteiger partial charge is 0.248 e. The highest BCUT2D eigenvalue weighted by Crippen LogP contribution is 2.22. The third kappa shape index (κ3) is 3.16. The molecule has 2 N–H and O–H groups in total. The van der Waals surface area contributed by atoms with Gasteiger partial charge >= 0.3 is 0 Å². The van der Waals surface area contributed by atoms with Crippen molar-refractivity contribution < 1.29 is 4.79 Å². The fourth-order valence-electron chi connectivity index (χ4n) is 0.972. The predicted molar refractivity (Wildman–Crippen MR) is 64.3 cm³/mol. The quantitative estimate of drug-likeness (QED) is 0.645. The first kappa shape index (κ1) is 11.4. The molecule has 4 nitrogen and oxygen atoms in total. The van der Waals surface area contributed by atoms with E-state index in [1.807, 2.05) is 0 Å². The van der Waals surface area contributed by atoms with Gasteiger partial charge in [-0.2, -0.15) is 9.98 Å². The zero-order valence-corrected chi connectivity index (χ0v) is 9.06. The van der Waals surface area contributed by atoms with E-state index in [9.17, 15) is 4.79 Å². The molecule has 0 aromatic heterocycles. The van der Waals surface area contributed by atoms with E-state index in [2.05, 4.69) is 44.7 Å². The molecule has 74 valence electrons. The summed E-state index contributed by atoms with van der Waals surface area (Å²) in [5.74, 6) is -0.572. The van der Waals surface area contributed by atoms with Crippen molar-refractivity contribution in [1.29, 1.82) is 0 Å². The average molecular weight is 235 g/mol. The normalized spacial score (nSPS) is 8.53. The van der Waals surface area contributed by atoms with E-state index in [4.69, 9.17) is 5.73 Å². The van der Waals surface area contributed by atoms with Crippen LogP contribution in [-0.2, 0) is 0 Å². The second-order valence-corrected chi connectivity index (χ2v) is 2.87. The van der Waals surface area contributed by atoms with Gasteiger partial charge in [-0.15, -0.1) is 0 Å². The summed E-state index contributed by atoms with van der Waals surface area (Å²) in [4.78, 5) is 18.4. The van der Waals surface area contributed by atoms with Crippen LogP contribution in [0.4, 0.5) is 11.4 Å². The van der Waals surface area contributed by atoms with Crippen molar-refractivity contribution in [2.45, 2.75) is 0 Å². The lowest BCUT2D eigenvalue weighted by molar-refractivity contribution is 0.100. The number of carbonyl (C=O) groups is 1. The Labute approximate surface area is 96.5 Å². The Morgan fingerprint density at radius 3 is 1.93 bits per heavy atom. The molecule has 1 aromatic rings. The maximum Gasteiger partial charge on any atom is 0.248 e. The van der Waals surface area contributed by atoms with Gasteiger partial charge in [0, 0.05) is 5.56 Å². The third-order valence-electron chi connectivity index (χ3n) is 1.54. The summed E-state index contributed by atoms with van der Waals surface area (Å²) in [6, 6.07) is 4.57. The number of thiocarbonyl (C=S) groups is 2. The standard InChI is InChI=1S/C9H5N3OS2/c10-9(13)6-1-7(11-4-14)3-8(2-6)12-5-15/h1-3H,(H2,10,13). The Hall–Kier alpha value is -1.71. The maximum absolute atomic E-state index is 11.0. The monoisotopic (exact) mass is 235 g/mol. The Balaban J connectivity index is 3.37. The van der Waals surface area contributed by atoms with Crippen molar-refractivity contribution in [2.24, 2.45) is 15.7 Å². The lowest BCUT2D eigenvalue weighted by atomic mass is 10.1. The second kappa shape index (κ2) is 5.24. The number of nitrogens with zero attached hydrogens (tertiary/aromatic N) is 2. The number of nitrogens with two attached hydrogens (primary N) is 1. The van der Waals surface area contributed by atoms with Crippen LogP contribution < -0.4 is 5.73 Å². The second-order valence-electron chi connectivity index (χ2n) is 2.51. The number of primary amides is 1. The fourth-order valence-corrected chi connectivity index (χ4v) is 1.18. The number of isothiocyanates is 2. The largest absolute Gasteiger partial charge is 0.366 e. The molecule has 0 aliphatic carbocycles. The molecule has 0 bridgehead atoms. The minimum atomic E-state index is -0.572. The molecule has 0 unspecified atom stereocenters. The van der Waals surface area contributed by atoms with Crippen LogP contribution in [0.3, 0.4) is 0 Å². The topological polar surface area (TPSA) is 67.8 Å². The summed E-state index contributed by atoms with van der Waals surface area (Å²) >= 11 is 8.90. The minimum Gasteiger partial charge on any atom is -0.366 e. The molecule has 0 heterocycles. The van der Waals surface area contributed by atoms with Crippen LogP contribution in [0.5, 0.6) is 0 Å². The van der Waals surface area contributed by atoms with Gasteiger partial charge in [-0.3, -0.25) is 4.79 Å². The van der Waals surface area contributed by atoms with E-state index in [1.165, 1.54) is 12.1 Å². The number of hydrogen-bond acceptors (Lipinski definition) is 5. The van der Waals surface area contributed by atoms with Crippen LogP contribution in [0, 0.1) is 0 Å². The van der Waals surface area contributed by atoms with E-state index in [-0.39, 0.29) is 5.56 Å². The first-order valence-electron chi connectivity index (χ1n) is 3.78. The Morgan fingerprint density at radius 2 is 1.60 bits per heavy atom. The van der Waals surface area contributed by atoms with Gasteiger partial charge in [0.1, 0.15) is 0 Å². The van der Waals surface area contributed by atoms with Crippen molar-refractivity contribution in [2.75, 3.05) is 0 Å². The highest BCUT2D eigenvalue weighted by Gasteiger charge is 2.04. The van der Waals surface area contributed by atoms with Crippen molar-refractivity contribution in [3.63, 3.8) is 0 Å². The van der Waals surface area contributed by atoms with E-state index >= 15 is 0 Å². The molecule has 0 spiro atoms. The minimum absolute atomic E-state index is 0.283. The lowest BCUT2D eigenvalue weighted by Gasteiger charge is -1.98. The Bertz CT molecular complexity index is 434. The summed E-state index contributed by atoms with van der Waals surface area (Å²) in [5, 5.41) is 4.38. The highest BCUT2D eigenvalue weighted by atomic mass is 32.1. The van der Waals surface area contributed by atoms with Gasteiger partial charge in [0.05, 0.1) is 21.7 Å². The average Bonchev–Trinajstić information content (AvgIpc) is 2.18. The molecule has 1 aromatic carbocycles. The fraction of sp³-hybridized carbons (Fsp3) is 0. The Morgan fingerprint density at radius 1 is 1.13 bits per heavy atom. The van der Waals surface area contributed by atoms with E-state index in [0.29, 0.717) is 11.4 Å². The molecule has 0 aliphatic rings. The molecule has 6 heteroatoms. The Kier molecular flexibility index (Phi) is 3.97. The van der Waals surface area contributed by atoms with Gasteiger partial charge in [0.2, 0.25) is 5.91 Å². The van der Waals surface area contributed by atoms with Crippen molar-refractivity contribution in [3.05, 3.63) is 23.8 Å². The number of aliphatic imine (C=N–C) groups is 2. The van der Waals surface area contributed by atoms with E-state index in [1.54, 1.807) is 6.07 Å². The van der Waals surface area contributed by atoms with Crippen LogP contribution in [-0.4, -0.2) is 16.2 Å². The summed E-state index contributed by atoms with van der Waals surface area (Å²) in [6.45, 7) is 0. The van der Waals surface area contributed by atoms with Gasteiger partial charge in [-0.1, -0.05) is 0 Å². The van der Waals surface area contributed by atoms with Crippen LogP contribution in [0.15, 0.2) is 28.2 Å². The summed E-state index contributed by atoms with van der Waals surface area (Å²) in [7, 11) is 0. The van der Waals surface area contributed by atoms with Crippen molar-refractivity contribution in [3.8, 4) is 0 Å².